The fraction of sp³-hybridized carbons (Fsp3) is 0.308. The number of aryl methyl sites for hydroxylation is 2. The summed E-state index contributed by atoms with van der Waals surface area (Å²) < 4.78 is 7.35. The number of hydrogen-bond acceptors (Lipinski definition) is 3. The fourth-order valence-electron chi connectivity index (χ4n) is 2.10. The van der Waals surface area contributed by atoms with Crippen LogP contribution in [0, 0.1) is 6.92 Å². The zero-order valence-electron chi connectivity index (χ0n) is 10.7. The second kappa shape index (κ2) is 5.00. The van der Waals surface area contributed by atoms with Crippen molar-refractivity contribution in [2.75, 3.05) is 7.11 Å². The van der Waals surface area contributed by atoms with Crippen LogP contribution < -0.4 is 10.5 Å². The van der Waals surface area contributed by atoms with Crippen LogP contribution in [-0.2, 0) is 13.6 Å². The molecule has 2 N–H and O–H groups in total. The smallest absolute Gasteiger partial charge is 0.131 e. The Kier molecular flexibility index (Phi) is 3.59. The topological polar surface area (TPSA) is 53.1 Å². The van der Waals surface area contributed by atoms with Gasteiger partial charge in [-0.1, -0.05) is 11.6 Å². The first-order valence-corrected chi connectivity index (χ1v) is 6.01. The number of nitrogens with two attached hydrogens (primary N) is 1. The van der Waals surface area contributed by atoms with Gasteiger partial charge in [0.1, 0.15) is 5.75 Å². The summed E-state index contributed by atoms with van der Waals surface area (Å²) in [7, 11) is 3.56. The number of nitrogens with zero attached hydrogens (tertiary/aromatic N) is 2. The van der Waals surface area contributed by atoms with Gasteiger partial charge < -0.3 is 15.0 Å². The largest absolute Gasteiger partial charge is 0.496 e. The van der Waals surface area contributed by atoms with Crippen molar-refractivity contribution in [2.24, 2.45) is 12.8 Å². The second-order valence-corrected chi connectivity index (χ2v) is 4.59. The molecule has 2 aromatic rings. The van der Waals surface area contributed by atoms with Crippen molar-refractivity contribution in [1.29, 1.82) is 0 Å². The molecule has 0 amide bonds. The van der Waals surface area contributed by atoms with Crippen molar-refractivity contribution in [1.82, 2.24) is 9.55 Å². The van der Waals surface area contributed by atoms with E-state index >= 15 is 0 Å². The second-order valence-electron chi connectivity index (χ2n) is 4.16. The van der Waals surface area contributed by atoms with Gasteiger partial charge in [0.25, 0.3) is 0 Å². The minimum absolute atomic E-state index is 0.417. The molecule has 0 aliphatic heterocycles. The van der Waals surface area contributed by atoms with Crippen LogP contribution in [0.2, 0.25) is 5.02 Å². The van der Waals surface area contributed by atoms with Crippen LogP contribution in [-0.4, -0.2) is 16.7 Å². The molecule has 5 heteroatoms. The molecule has 0 aliphatic carbocycles. The normalized spacial score (nSPS) is 10.7. The van der Waals surface area contributed by atoms with Crippen LogP contribution in [0.15, 0.2) is 18.5 Å². The minimum Gasteiger partial charge on any atom is -0.496 e. The zero-order valence-corrected chi connectivity index (χ0v) is 11.5. The van der Waals surface area contributed by atoms with E-state index < -0.39 is 0 Å². The molecule has 0 unspecified atom stereocenters. The number of ether oxygens (including phenoxy) is 1. The van der Waals surface area contributed by atoms with Crippen molar-refractivity contribution in [3.63, 3.8) is 0 Å². The van der Waals surface area contributed by atoms with Gasteiger partial charge in [0.2, 0.25) is 0 Å². The van der Waals surface area contributed by atoms with Crippen molar-refractivity contribution in [3.05, 3.63) is 34.7 Å². The van der Waals surface area contributed by atoms with E-state index in [4.69, 9.17) is 22.1 Å². The summed E-state index contributed by atoms with van der Waals surface area (Å²) in [4.78, 5) is 4.39. The molecule has 1 aromatic heterocycles. The lowest BCUT2D eigenvalue weighted by Crippen LogP contribution is -2.04. The summed E-state index contributed by atoms with van der Waals surface area (Å²) in [5.41, 5.74) is 9.40. The molecule has 2 rings (SSSR count). The van der Waals surface area contributed by atoms with Gasteiger partial charge in [0, 0.05) is 24.2 Å². The predicted molar refractivity (Wildman–Crippen MR) is 72.8 cm³/mol. The Labute approximate surface area is 111 Å². The first-order valence-electron chi connectivity index (χ1n) is 5.63. The van der Waals surface area contributed by atoms with Gasteiger partial charge in [-0.15, -0.1) is 0 Å². The Balaban J connectivity index is 2.69. The van der Waals surface area contributed by atoms with E-state index in [0.29, 0.717) is 11.6 Å². The fourth-order valence-corrected chi connectivity index (χ4v) is 2.37. The molecule has 0 spiro atoms. The Morgan fingerprint density at radius 2 is 2.17 bits per heavy atom. The highest BCUT2D eigenvalue weighted by Gasteiger charge is 2.16. The number of benzene rings is 1. The molecule has 18 heavy (non-hydrogen) atoms. The summed E-state index contributed by atoms with van der Waals surface area (Å²) in [6.07, 6.45) is 1.74. The Hall–Kier alpha value is -1.52. The minimum atomic E-state index is 0.417. The highest BCUT2D eigenvalue weighted by Crippen LogP contribution is 2.36. The van der Waals surface area contributed by atoms with Gasteiger partial charge in [-0.2, -0.15) is 0 Å². The maximum Gasteiger partial charge on any atom is 0.131 e. The summed E-state index contributed by atoms with van der Waals surface area (Å²) in [6.45, 7) is 2.37. The van der Waals surface area contributed by atoms with E-state index in [1.807, 2.05) is 30.7 Å². The van der Waals surface area contributed by atoms with Crippen LogP contribution in [0.25, 0.3) is 11.3 Å². The van der Waals surface area contributed by atoms with Crippen molar-refractivity contribution in [2.45, 2.75) is 13.5 Å². The maximum atomic E-state index is 6.11. The average molecular weight is 266 g/mol. The van der Waals surface area contributed by atoms with Gasteiger partial charge >= 0.3 is 0 Å². The summed E-state index contributed by atoms with van der Waals surface area (Å²) in [5.74, 6) is 0.785. The van der Waals surface area contributed by atoms with Crippen LogP contribution in [0.3, 0.4) is 0 Å². The van der Waals surface area contributed by atoms with Gasteiger partial charge in [-0.3, -0.25) is 0 Å². The summed E-state index contributed by atoms with van der Waals surface area (Å²) in [6, 6.07) is 3.73. The maximum absolute atomic E-state index is 6.11. The van der Waals surface area contributed by atoms with Crippen LogP contribution in [0.4, 0.5) is 0 Å². The molecule has 0 atom stereocenters. The molecule has 1 heterocycles. The number of imidazole rings is 1. The molecule has 4 nitrogen and oxygen atoms in total. The first kappa shape index (κ1) is 12.9. The van der Waals surface area contributed by atoms with E-state index in [2.05, 4.69) is 4.98 Å². The van der Waals surface area contributed by atoms with E-state index in [1.54, 1.807) is 13.4 Å². The quantitative estimate of drug-likeness (QED) is 0.928. The molecule has 0 aliphatic rings. The van der Waals surface area contributed by atoms with Crippen LogP contribution >= 0.6 is 11.6 Å². The third-order valence-electron chi connectivity index (χ3n) is 2.95. The molecule has 0 saturated heterocycles. The van der Waals surface area contributed by atoms with Gasteiger partial charge in [-0.05, 0) is 24.6 Å². The third-order valence-corrected chi connectivity index (χ3v) is 3.17. The van der Waals surface area contributed by atoms with E-state index in [-0.39, 0.29) is 0 Å². The monoisotopic (exact) mass is 265 g/mol. The Morgan fingerprint density at radius 3 is 2.78 bits per heavy atom. The highest BCUT2D eigenvalue weighted by atomic mass is 35.5. The zero-order chi connectivity index (χ0) is 13.3. The average Bonchev–Trinajstić information content (AvgIpc) is 2.69. The molecule has 1 aromatic carbocycles. The standard InChI is InChI=1S/C13H16ClN3O/c1-8-4-9(14)5-10(13(8)18-3)12-11(6-15)17(2)7-16-12/h4-5,7H,6,15H2,1-3H3. The summed E-state index contributed by atoms with van der Waals surface area (Å²) >= 11 is 6.11. The van der Waals surface area contributed by atoms with Crippen molar-refractivity contribution >= 4 is 11.6 Å². The third kappa shape index (κ3) is 2.09. The van der Waals surface area contributed by atoms with Gasteiger partial charge in [0.05, 0.1) is 24.8 Å². The number of methoxy groups -OCH3 is 1. The molecule has 0 saturated carbocycles. The van der Waals surface area contributed by atoms with Crippen molar-refractivity contribution < 1.29 is 4.74 Å². The van der Waals surface area contributed by atoms with Crippen molar-refractivity contribution in [3.8, 4) is 17.0 Å². The lowest BCUT2D eigenvalue weighted by Gasteiger charge is -2.12. The molecule has 96 valence electrons. The predicted octanol–water partition coefficient (Wildman–Crippen LogP) is 2.52. The van der Waals surface area contributed by atoms with E-state index in [0.717, 1.165) is 28.3 Å². The molecule has 0 bridgehead atoms. The van der Waals surface area contributed by atoms with Crippen LogP contribution in [0.5, 0.6) is 5.75 Å². The number of rotatable bonds is 3. The van der Waals surface area contributed by atoms with E-state index in [1.165, 1.54) is 0 Å². The molecular formula is C13H16ClN3O. The van der Waals surface area contributed by atoms with Gasteiger partial charge in [-0.25, -0.2) is 4.98 Å². The lowest BCUT2D eigenvalue weighted by atomic mass is 10.1. The lowest BCUT2D eigenvalue weighted by molar-refractivity contribution is 0.413. The molecular weight excluding hydrogens is 250 g/mol. The van der Waals surface area contributed by atoms with E-state index in [9.17, 15) is 0 Å². The molecule has 0 fully saturated rings. The number of hydrogen-bond donors (Lipinski definition) is 1. The Bertz CT molecular complexity index is 578. The number of halogens is 1. The summed E-state index contributed by atoms with van der Waals surface area (Å²) in [5, 5.41) is 0.664. The first-order chi connectivity index (χ1) is 8.58. The molecule has 0 radical (unpaired) electrons. The highest BCUT2D eigenvalue weighted by molar-refractivity contribution is 6.31. The van der Waals surface area contributed by atoms with Crippen LogP contribution in [0.1, 0.15) is 11.3 Å². The van der Waals surface area contributed by atoms with Gasteiger partial charge in [0.15, 0.2) is 0 Å². The Morgan fingerprint density at radius 1 is 1.44 bits per heavy atom. The SMILES string of the molecule is COc1c(C)cc(Cl)cc1-c1ncn(C)c1CN. The number of aromatic nitrogens is 2.